The van der Waals surface area contributed by atoms with Gasteiger partial charge in [0.2, 0.25) is 11.8 Å². The molecule has 0 bridgehead atoms. The summed E-state index contributed by atoms with van der Waals surface area (Å²) in [5.41, 5.74) is 13.1. The van der Waals surface area contributed by atoms with Crippen molar-refractivity contribution in [3.8, 4) is 5.75 Å². The van der Waals surface area contributed by atoms with E-state index >= 15 is 0 Å². The van der Waals surface area contributed by atoms with Gasteiger partial charge in [0.15, 0.2) is 0 Å². The molecule has 1 aliphatic rings. The fourth-order valence-corrected chi connectivity index (χ4v) is 5.77. The highest BCUT2D eigenvalue weighted by Gasteiger charge is 2.31. The monoisotopic (exact) mass is 549 g/mol. The smallest absolute Gasteiger partial charge is 0.237 e. The van der Waals surface area contributed by atoms with Crippen LogP contribution in [0.2, 0.25) is 0 Å². The first kappa shape index (κ1) is 25.9. The summed E-state index contributed by atoms with van der Waals surface area (Å²) in [4.78, 5) is 27.4. The number of aromatic hydroxyl groups is 1. The molecule has 188 valence electrons. The topological polar surface area (TPSA) is 95.7 Å². The zero-order chi connectivity index (χ0) is 26.0. The second-order valence-electron chi connectivity index (χ2n) is 9.57. The van der Waals surface area contributed by atoms with Gasteiger partial charge in [0, 0.05) is 17.9 Å². The molecule has 0 saturated heterocycles. The van der Waals surface area contributed by atoms with Crippen molar-refractivity contribution in [2.75, 3.05) is 11.4 Å². The molecular formula is C29H32BrN3O3. The molecule has 0 saturated carbocycles. The third-order valence-corrected chi connectivity index (χ3v) is 7.43. The number of phenolic OH excluding ortho intramolecular Hbond substituents is 1. The minimum atomic E-state index is -0.739. The minimum absolute atomic E-state index is 0.0347. The van der Waals surface area contributed by atoms with Crippen molar-refractivity contribution in [1.82, 2.24) is 5.32 Å². The molecule has 1 heterocycles. The lowest BCUT2D eigenvalue weighted by atomic mass is 9.91. The number of anilines is 1. The highest BCUT2D eigenvalue weighted by atomic mass is 79.9. The first-order valence-corrected chi connectivity index (χ1v) is 12.9. The molecule has 4 rings (SSSR count). The number of benzene rings is 3. The van der Waals surface area contributed by atoms with Crippen LogP contribution in [0.1, 0.15) is 52.8 Å². The van der Waals surface area contributed by atoms with Crippen molar-refractivity contribution in [2.24, 2.45) is 5.73 Å². The Bertz CT molecular complexity index is 1270. The SMILES string of the molecule is CC(=O)N1CC[C@@H](NC(=O)[C@@H](N)Cc2c(C)cc(O)cc2C)c2cc(Cc3ccccc3)cc(Br)c21. The minimum Gasteiger partial charge on any atom is -0.508 e. The van der Waals surface area contributed by atoms with Crippen LogP contribution in [-0.2, 0) is 22.4 Å². The number of halogens is 1. The lowest BCUT2D eigenvalue weighted by Crippen LogP contribution is -2.46. The normalized spacial score (nSPS) is 15.8. The van der Waals surface area contributed by atoms with E-state index in [9.17, 15) is 14.7 Å². The van der Waals surface area contributed by atoms with E-state index in [1.54, 1.807) is 24.0 Å². The summed E-state index contributed by atoms with van der Waals surface area (Å²) in [6.45, 7) is 5.89. The summed E-state index contributed by atoms with van der Waals surface area (Å²) >= 11 is 3.69. The molecule has 3 aromatic rings. The summed E-state index contributed by atoms with van der Waals surface area (Å²) in [7, 11) is 0. The van der Waals surface area contributed by atoms with Gasteiger partial charge >= 0.3 is 0 Å². The summed E-state index contributed by atoms with van der Waals surface area (Å²) < 4.78 is 0.833. The van der Waals surface area contributed by atoms with Crippen molar-refractivity contribution in [3.05, 3.63) is 92.5 Å². The number of nitrogens with two attached hydrogens (primary N) is 1. The Labute approximate surface area is 220 Å². The van der Waals surface area contributed by atoms with Crippen LogP contribution in [0.4, 0.5) is 5.69 Å². The Morgan fingerprint density at radius 2 is 1.78 bits per heavy atom. The lowest BCUT2D eigenvalue weighted by molar-refractivity contribution is -0.123. The van der Waals surface area contributed by atoms with Gasteiger partial charge < -0.3 is 21.1 Å². The number of amides is 2. The van der Waals surface area contributed by atoms with Crippen LogP contribution in [0.5, 0.6) is 5.75 Å². The van der Waals surface area contributed by atoms with E-state index in [1.165, 1.54) is 5.56 Å². The zero-order valence-electron chi connectivity index (χ0n) is 20.8. The number of nitrogens with zero attached hydrogens (tertiary/aromatic N) is 1. The number of nitrogens with one attached hydrogen (secondary N) is 1. The molecule has 7 heteroatoms. The maximum absolute atomic E-state index is 13.2. The average Bonchev–Trinajstić information content (AvgIpc) is 2.82. The van der Waals surface area contributed by atoms with Gasteiger partial charge in [0.05, 0.1) is 17.8 Å². The van der Waals surface area contributed by atoms with Gasteiger partial charge in [-0.3, -0.25) is 9.59 Å². The average molecular weight is 550 g/mol. The van der Waals surface area contributed by atoms with Crippen LogP contribution in [-0.4, -0.2) is 29.5 Å². The molecule has 0 unspecified atom stereocenters. The first-order valence-electron chi connectivity index (χ1n) is 12.1. The second-order valence-corrected chi connectivity index (χ2v) is 10.4. The van der Waals surface area contributed by atoms with Crippen LogP contribution in [0.15, 0.2) is 59.1 Å². The van der Waals surface area contributed by atoms with Crippen LogP contribution in [0, 0.1) is 13.8 Å². The predicted octanol–water partition coefficient (Wildman–Crippen LogP) is 4.85. The van der Waals surface area contributed by atoms with E-state index in [0.29, 0.717) is 19.4 Å². The Hall–Kier alpha value is -3.16. The number of hydrogen-bond donors (Lipinski definition) is 3. The van der Waals surface area contributed by atoms with Crippen LogP contribution in [0.25, 0.3) is 0 Å². The predicted molar refractivity (Wildman–Crippen MR) is 146 cm³/mol. The van der Waals surface area contributed by atoms with E-state index in [1.807, 2.05) is 38.1 Å². The Morgan fingerprint density at radius 3 is 2.42 bits per heavy atom. The quantitative estimate of drug-likeness (QED) is 0.409. The van der Waals surface area contributed by atoms with E-state index in [2.05, 4.69) is 39.4 Å². The molecule has 1 aliphatic heterocycles. The van der Waals surface area contributed by atoms with Gasteiger partial charge in [-0.15, -0.1) is 0 Å². The fraction of sp³-hybridized carbons (Fsp3) is 0.310. The largest absolute Gasteiger partial charge is 0.508 e. The van der Waals surface area contributed by atoms with Gasteiger partial charge in [-0.1, -0.05) is 36.4 Å². The Morgan fingerprint density at radius 1 is 1.11 bits per heavy atom. The fourth-order valence-electron chi connectivity index (χ4n) is 5.04. The molecule has 4 N–H and O–H groups in total. The van der Waals surface area contributed by atoms with Gasteiger partial charge in [-0.05, 0) is 101 Å². The van der Waals surface area contributed by atoms with Crippen LogP contribution in [0.3, 0.4) is 0 Å². The molecular weight excluding hydrogens is 518 g/mol. The standard InChI is InChI=1S/C29H32BrN3O3/c1-17-11-22(35)12-18(2)23(17)16-26(31)29(36)32-27-9-10-33(19(3)34)28-24(27)14-21(15-25(28)30)13-20-7-5-4-6-8-20/h4-8,11-12,14-15,26-27,35H,9-10,13,16,31H2,1-3H3,(H,32,36)/t26-,27+/m0/s1. The highest BCUT2D eigenvalue weighted by molar-refractivity contribution is 9.10. The number of phenols is 1. The molecule has 0 fully saturated rings. The van der Waals surface area contributed by atoms with Gasteiger partial charge in [-0.2, -0.15) is 0 Å². The molecule has 0 radical (unpaired) electrons. The first-order chi connectivity index (χ1) is 17.1. The van der Waals surface area contributed by atoms with E-state index in [-0.39, 0.29) is 23.6 Å². The lowest BCUT2D eigenvalue weighted by Gasteiger charge is -2.36. The molecule has 2 atom stereocenters. The third kappa shape index (κ3) is 5.63. The summed E-state index contributed by atoms with van der Waals surface area (Å²) in [5.74, 6) is -0.0660. The molecule has 3 aromatic carbocycles. The number of carbonyl (C=O) groups excluding carboxylic acids is 2. The van der Waals surface area contributed by atoms with E-state index < -0.39 is 6.04 Å². The van der Waals surface area contributed by atoms with E-state index in [0.717, 1.165) is 44.4 Å². The third-order valence-electron chi connectivity index (χ3n) is 6.83. The Balaban J connectivity index is 1.60. The number of aryl methyl sites for hydroxylation is 2. The van der Waals surface area contributed by atoms with Gasteiger partial charge in [0.25, 0.3) is 0 Å². The van der Waals surface area contributed by atoms with Crippen molar-refractivity contribution >= 4 is 33.4 Å². The van der Waals surface area contributed by atoms with Crippen LogP contribution < -0.4 is 16.0 Å². The molecule has 6 nitrogen and oxygen atoms in total. The molecule has 36 heavy (non-hydrogen) atoms. The number of rotatable bonds is 6. The van der Waals surface area contributed by atoms with E-state index in [4.69, 9.17) is 5.73 Å². The molecule has 0 spiro atoms. The number of hydrogen-bond acceptors (Lipinski definition) is 4. The molecule has 0 aromatic heterocycles. The van der Waals surface area contributed by atoms with Gasteiger partial charge in [0.1, 0.15) is 5.75 Å². The zero-order valence-corrected chi connectivity index (χ0v) is 22.4. The molecule has 2 amide bonds. The Kier molecular flexibility index (Phi) is 7.81. The summed E-state index contributed by atoms with van der Waals surface area (Å²) in [5, 5.41) is 13.0. The van der Waals surface area contributed by atoms with Crippen molar-refractivity contribution in [3.63, 3.8) is 0 Å². The van der Waals surface area contributed by atoms with Crippen molar-refractivity contribution in [2.45, 2.75) is 52.1 Å². The van der Waals surface area contributed by atoms with Crippen molar-refractivity contribution in [1.29, 1.82) is 0 Å². The second kappa shape index (κ2) is 10.8. The number of carbonyl (C=O) groups is 2. The maximum Gasteiger partial charge on any atom is 0.237 e. The summed E-state index contributed by atoms with van der Waals surface area (Å²) in [6.07, 6.45) is 1.72. The molecule has 0 aliphatic carbocycles. The summed E-state index contributed by atoms with van der Waals surface area (Å²) in [6, 6.07) is 16.7. The van der Waals surface area contributed by atoms with Gasteiger partial charge in [-0.25, -0.2) is 0 Å². The van der Waals surface area contributed by atoms with Crippen LogP contribution >= 0.6 is 15.9 Å². The number of fused-ring (bicyclic) bond motifs is 1. The maximum atomic E-state index is 13.2. The van der Waals surface area contributed by atoms with Crippen molar-refractivity contribution < 1.29 is 14.7 Å². The highest BCUT2D eigenvalue weighted by Crippen LogP contribution is 2.41.